The number of ether oxygens (including phenoxy) is 2. The maximum absolute atomic E-state index is 13.2. The minimum Gasteiger partial charge on any atom is -0.493 e. The third-order valence-corrected chi connectivity index (χ3v) is 6.04. The fourth-order valence-electron chi connectivity index (χ4n) is 3.81. The van der Waals surface area contributed by atoms with Gasteiger partial charge in [0.25, 0.3) is 0 Å². The Labute approximate surface area is 175 Å². The summed E-state index contributed by atoms with van der Waals surface area (Å²) in [5.74, 6) is 1.40. The second kappa shape index (κ2) is 8.53. The van der Waals surface area contributed by atoms with Gasteiger partial charge in [-0.05, 0) is 52.8 Å². The fraction of sp³-hybridized carbons (Fsp3) is 0.208. The number of rotatable bonds is 5. The average Bonchev–Trinajstić information content (AvgIpc) is 3.30. The summed E-state index contributed by atoms with van der Waals surface area (Å²) in [5.41, 5.74) is 3.35. The van der Waals surface area contributed by atoms with Crippen LogP contribution in [0.25, 0.3) is 6.08 Å². The van der Waals surface area contributed by atoms with E-state index in [0.29, 0.717) is 12.3 Å². The van der Waals surface area contributed by atoms with Gasteiger partial charge in [0, 0.05) is 17.5 Å². The maximum atomic E-state index is 13.2. The number of hydrogen-bond donors (Lipinski definition) is 0. The molecule has 1 aliphatic heterocycles. The Hall–Kier alpha value is -3.05. The summed E-state index contributed by atoms with van der Waals surface area (Å²) < 4.78 is 11.0. The highest BCUT2D eigenvalue weighted by Crippen LogP contribution is 2.41. The van der Waals surface area contributed by atoms with E-state index in [0.717, 1.165) is 28.2 Å². The number of methoxy groups -OCH3 is 2. The van der Waals surface area contributed by atoms with Gasteiger partial charge in [-0.3, -0.25) is 4.79 Å². The number of thiophene rings is 1. The van der Waals surface area contributed by atoms with E-state index >= 15 is 0 Å². The Morgan fingerprint density at radius 3 is 2.52 bits per heavy atom. The van der Waals surface area contributed by atoms with Crippen molar-refractivity contribution in [2.45, 2.75) is 12.5 Å². The third kappa shape index (κ3) is 3.91. The van der Waals surface area contributed by atoms with E-state index in [-0.39, 0.29) is 11.9 Å². The van der Waals surface area contributed by atoms with E-state index in [1.165, 1.54) is 5.56 Å². The quantitative estimate of drug-likeness (QED) is 0.564. The lowest BCUT2D eigenvalue weighted by atomic mass is 9.87. The van der Waals surface area contributed by atoms with Crippen LogP contribution >= 0.6 is 11.3 Å². The molecule has 4 nitrogen and oxygen atoms in total. The normalized spacial score (nSPS) is 15.9. The molecule has 29 heavy (non-hydrogen) atoms. The standard InChI is InChI=1S/C24H23NO3S/c1-27-21-15-18-12-13-25(23(26)11-10-19-9-6-14-29-19)24(17-7-4-3-5-8-17)20(18)16-22(21)28-2/h3-11,14-16,24H,12-13H2,1-2H3/b11-10+. The molecule has 1 aromatic heterocycles. The Morgan fingerprint density at radius 2 is 1.83 bits per heavy atom. The molecule has 1 amide bonds. The molecule has 3 aromatic rings. The van der Waals surface area contributed by atoms with Crippen LogP contribution in [-0.2, 0) is 11.2 Å². The van der Waals surface area contributed by atoms with Crippen molar-refractivity contribution in [1.82, 2.24) is 4.90 Å². The number of fused-ring (bicyclic) bond motifs is 1. The van der Waals surface area contributed by atoms with Gasteiger partial charge in [-0.1, -0.05) is 36.4 Å². The van der Waals surface area contributed by atoms with Crippen LogP contribution in [0, 0.1) is 0 Å². The van der Waals surface area contributed by atoms with Crippen LogP contribution < -0.4 is 9.47 Å². The largest absolute Gasteiger partial charge is 0.493 e. The van der Waals surface area contributed by atoms with Crippen LogP contribution in [0.2, 0.25) is 0 Å². The molecule has 2 heterocycles. The lowest BCUT2D eigenvalue weighted by Crippen LogP contribution is -2.39. The topological polar surface area (TPSA) is 38.8 Å². The van der Waals surface area contributed by atoms with Gasteiger partial charge < -0.3 is 14.4 Å². The van der Waals surface area contributed by atoms with E-state index < -0.39 is 0 Å². The molecule has 1 atom stereocenters. The smallest absolute Gasteiger partial charge is 0.247 e. The molecule has 1 unspecified atom stereocenters. The van der Waals surface area contributed by atoms with Crippen LogP contribution in [-0.4, -0.2) is 31.6 Å². The summed E-state index contributed by atoms with van der Waals surface area (Å²) in [6.07, 6.45) is 4.34. The molecule has 0 spiro atoms. The summed E-state index contributed by atoms with van der Waals surface area (Å²) in [4.78, 5) is 16.2. The highest BCUT2D eigenvalue weighted by atomic mass is 32.1. The van der Waals surface area contributed by atoms with E-state index in [2.05, 4.69) is 12.1 Å². The zero-order valence-corrected chi connectivity index (χ0v) is 17.3. The first kappa shape index (κ1) is 19.3. The van der Waals surface area contributed by atoms with Gasteiger partial charge >= 0.3 is 0 Å². The number of amides is 1. The predicted molar refractivity (Wildman–Crippen MR) is 117 cm³/mol. The van der Waals surface area contributed by atoms with Crippen molar-refractivity contribution in [3.05, 3.63) is 87.6 Å². The second-order valence-electron chi connectivity index (χ2n) is 6.85. The Kier molecular flexibility index (Phi) is 5.67. The number of hydrogen-bond acceptors (Lipinski definition) is 4. The predicted octanol–water partition coefficient (Wildman–Crippen LogP) is 4.95. The van der Waals surface area contributed by atoms with Crippen LogP contribution in [0.4, 0.5) is 0 Å². The summed E-state index contributed by atoms with van der Waals surface area (Å²) in [7, 11) is 3.28. The SMILES string of the molecule is COc1cc2c(cc1OC)C(c1ccccc1)N(C(=O)/C=C/c1cccs1)CC2. The zero-order valence-electron chi connectivity index (χ0n) is 16.5. The molecule has 0 N–H and O–H groups in total. The van der Waals surface area contributed by atoms with E-state index in [1.54, 1.807) is 31.6 Å². The van der Waals surface area contributed by atoms with Crippen LogP contribution in [0.15, 0.2) is 66.1 Å². The van der Waals surface area contributed by atoms with Gasteiger partial charge in [-0.25, -0.2) is 0 Å². The molecular formula is C24H23NO3S. The van der Waals surface area contributed by atoms with Gasteiger partial charge in [-0.15, -0.1) is 11.3 Å². The monoisotopic (exact) mass is 405 g/mol. The van der Waals surface area contributed by atoms with Crippen LogP contribution in [0.3, 0.4) is 0 Å². The molecule has 0 saturated heterocycles. The second-order valence-corrected chi connectivity index (χ2v) is 7.83. The molecule has 0 saturated carbocycles. The molecule has 0 bridgehead atoms. The Bertz CT molecular complexity index is 1010. The first-order chi connectivity index (χ1) is 14.2. The number of carbonyl (C=O) groups is 1. The summed E-state index contributed by atoms with van der Waals surface area (Å²) in [6.45, 7) is 0.648. The van der Waals surface area contributed by atoms with Crippen molar-refractivity contribution in [3.63, 3.8) is 0 Å². The molecule has 5 heteroatoms. The fourth-order valence-corrected chi connectivity index (χ4v) is 4.43. The molecule has 0 radical (unpaired) electrons. The number of carbonyl (C=O) groups excluding carboxylic acids is 1. The molecule has 0 aliphatic carbocycles. The van der Waals surface area contributed by atoms with Crippen LogP contribution in [0.5, 0.6) is 11.5 Å². The number of benzene rings is 2. The molecule has 148 valence electrons. The first-order valence-corrected chi connectivity index (χ1v) is 10.4. The van der Waals surface area contributed by atoms with Crippen molar-refractivity contribution in [2.24, 2.45) is 0 Å². The van der Waals surface area contributed by atoms with Gasteiger partial charge in [-0.2, -0.15) is 0 Å². The van der Waals surface area contributed by atoms with Gasteiger partial charge in [0.1, 0.15) is 0 Å². The van der Waals surface area contributed by atoms with E-state index in [9.17, 15) is 4.79 Å². The Balaban J connectivity index is 1.76. The van der Waals surface area contributed by atoms with Gasteiger partial charge in [0.15, 0.2) is 11.5 Å². The van der Waals surface area contributed by atoms with E-state index in [4.69, 9.17) is 9.47 Å². The summed E-state index contributed by atoms with van der Waals surface area (Å²) in [6, 6.07) is 18.0. The van der Waals surface area contributed by atoms with Crippen molar-refractivity contribution in [3.8, 4) is 11.5 Å². The molecular weight excluding hydrogens is 382 g/mol. The van der Waals surface area contributed by atoms with Crippen LogP contribution in [0.1, 0.15) is 27.6 Å². The van der Waals surface area contributed by atoms with Crippen molar-refractivity contribution < 1.29 is 14.3 Å². The van der Waals surface area contributed by atoms with Crippen molar-refractivity contribution >= 4 is 23.3 Å². The van der Waals surface area contributed by atoms with Gasteiger partial charge in [0.2, 0.25) is 5.91 Å². The molecule has 1 aliphatic rings. The summed E-state index contributed by atoms with van der Waals surface area (Å²) in [5, 5.41) is 2.01. The first-order valence-electron chi connectivity index (χ1n) is 9.53. The Morgan fingerprint density at radius 1 is 1.07 bits per heavy atom. The average molecular weight is 406 g/mol. The highest BCUT2D eigenvalue weighted by molar-refractivity contribution is 7.10. The highest BCUT2D eigenvalue weighted by Gasteiger charge is 2.32. The zero-order chi connectivity index (χ0) is 20.2. The minimum absolute atomic E-state index is 0.00712. The molecule has 4 rings (SSSR count). The maximum Gasteiger partial charge on any atom is 0.247 e. The number of nitrogens with zero attached hydrogens (tertiary/aromatic N) is 1. The minimum atomic E-state index is -0.166. The lowest BCUT2D eigenvalue weighted by Gasteiger charge is -2.37. The summed E-state index contributed by atoms with van der Waals surface area (Å²) >= 11 is 1.62. The van der Waals surface area contributed by atoms with Crippen molar-refractivity contribution in [2.75, 3.05) is 20.8 Å². The molecule has 2 aromatic carbocycles. The van der Waals surface area contributed by atoms with Gasteiger partial charge in [0.05, 0.1) is 20.3 Å². The lowest BCUT2D eigenvalue weighted by molar-refractivity contribution is -0.127. The van der Waals surface area contributed by atoms with E-state index in [1.807, 2.05) is 58.8 Å². The van der Waals surface area contributed by atoms with Crippen molar-refractivity contribution in [1.29, 1.82) is 0 Å². The third-order valence-electron chi connectivity index (χ3n) is 5.21. The molecule has 0 fully saturated rings.